The fourth-order valence-corrected chi connectivity index (χ4v) is 6.99. The van der Waals surface area contributed by atoms with Gasteiger partial charge in [0.1, 0.15) is 0 Å². The van der Waals surface area contributed by atoms with Crippen molar-refractivity contribution in [1.82, 2.24) is 24.4 Å². The maximum atomic E-state index is 13.2. The van der Waals surface area contributed by atoms with E-state index in [-0.39, 0.29) is 5.16 Å². The molecule has 0 saturated carbocycles. The summed E-state index contributed by atoms with van der Waals surface area (Å²) in [6.45, 7) is 8.29. The second kappa shape index (κ2) is 8.76. The summed E-state index contributed by atoms with van der Waals surface area (Å²) in [6.07, 6.45) is 7.58. The van der Waals surface area contributed by atoms with E-state index in [9.17, 15) is 8.42 Å². The number of aromatic amines is 1. The summed E-state index contributed by atoms with van der Waals surface area (Å²) in [4.78, 5) is 6.73. The molecule has 1 atom stereocenters. The summed E-state index contributed by atoms with van der Waals surface area (Å²) in [6, 6.07) is 2.38. The molecule has 2 heterocycles. The molecular weight excluding hydrogens is 424 g/mol. The number of nitrogens with one attached hydrogen (secondary N) is 2. The minimum Gasteiger partial charge on any atom is -0.322 e. The zero-order valence-electron chi connectivity index (χ0n) is 19.2. The normalized spacial score (nSPS) is 20.8. The summed E-state index contributed by atoms with van der Waals surface area (Å²) < 4.78 is 28.0. The number of fused-ring (bicyclic) bond motifs is 2. The Balaban J connectivity index is 1.33. The Labute approximate surface area is 190 Å². The van der Waals surface area contributed by atoms with Gasteiger partial charge in [0.25, 0.3) is 15.2 Å². The number of sulfonamides is 1. The van der Waals surface area contributed by atoms with Gasteiger partial charge in [-0.2, -0.15) is 9.29 Å². The molecular formula is C23H34N6O2S. The van der Waals surface area contributed by atoms with Crippen LogP contribution in [0.15, 0.2) is 11.2 Å². The van der Waals surface area contributed by atoms with Crippen LogP contribution in [0.2, 0.25) is 0 Å². The van der Waals surface area contributed by atoms with Crippen LogP contribution in [-0.4, -0.2) is 65.5 Å². The van der Waals surface area contributed by atoms with Crippen LogP contribution in [0.4, 0.5) is 11.6 Å². The highest BCUT2D eigenvalue weighted by atomic mass is 32.2. The summed E-state index contributed by atoms with van der Waals surface area (Å²) in [5.74, 6) is 0.705. The number of hydrogen-bond acceptors (Lipinski definition) is 6. The SMILES string of the molecule is CCN(CC)C[C@H]1CCN(S(=O)(=O)c2nc(Nc3c4c(cc5c3CCC5)CCC4)n[nH]2)C1. The van der Waals surface area contributed by atoms with Crippen molar-refractivity contribution in [3.63, 3.8) is 0 Å². The van der Waals surface area contributed by atoms with E-state index in [4.69, 9.17) is 0 Å². The third-order valence-electron chi connectivity index (χ3n) is 7.42. The van der Waals surface area contributed by atoms with Crippen molar-refractivity contribution in [3.8, 4) is 0 Å². The number of aryl methyl sites for hydroxylation is 2. The van der Waals surface area contributed by atoms with Crippen molar-refractivity contribution < 1.29 is 8.42 Å². The van der Waals surface area contributed by atoms with E-state index < -0.39 is 10.0 Å². The van der Waals surface area contributed by atoms with Crippen LogP contribution >= 0.6 is 0 Å². The average molecular weight is 459 g/mol. The molecule has 0 radical (unpaired) electrons. The Morgan fingerprint density at radius 1 is 1.12 bits per heavy atom. The van der Waals surface area contributed by atoms with Crippen molar-refractivity contribution in [2.24, 2.45) is 5.92 Å². The second-order valence-corrected chi connectivity index (χ2v) is 11.2. The maximum Gasteiger partial charge on any atom is 0.278 e. The molecule has 1 saturated heterocycles. The molecule has 0 amide bonds. The lowest BCUT2D eigenvalue weighted by Crippen LogP contribution is -2.33. The first-order valence-electron chi connectivity index (χ1n) is 12.1. The quantitative estimate of drug-likeness (QED) is 0.632. The van der Waals surface area contributed by atoms with E-state index in [1.807, 2.05) is 0 Å². The van der Waals surface area contributed by atoms with Gasteiger partial charge in [0, 0.05) is 25.3 Å². The molecule has 1 aromatic heterocycles. The molecule has 0 bridgehead atoms. The van der Waals surface area contributed by atoms with Crippen molar-refractivity contribution in [3.05, 3.63) is 28.3 Å². The topological polar surface area (TPSA) is 94.2 Å². The van der Waals surface area contributed by atoms with Crippen LogP contribution in [0.3, 0.4) is 0 Å². The fourth-order valence-electron chi connectivity index (χ4n) is 5.63. The largest absolute Gasteiger partial charge is 0.322 e. The Kier molecular flexibility index (Phi) is 5.98. The number of benzene rings is 1. The van der Waals surface area contributed by atoms with Crippen LogP contribution in [0.5, 0.6) is 0 Å². The highest BCUT2D eigenvalue weighted by Crippen LogP contribution is 2.39. The molecule has 0 spiro atoms. The van der Waals surface area contributed by atoms with E-state index in [0.717, 1.165) is 57.4 Å². The second-order valence-electron chi connectivity index (χ2n) is 9.33. The molecule has 1 aromatic carbocycles. The van der Waals surface area contributed by atoms with Gasteiger partial charge in [0.05, 0.1) is 0 Å². The van der Waals surface area contributed by atoms with Gasteiger partial charge in [-0.1, -0.05) is 19.9 Å². The lowest BCUT2D eigenvalue weighted by Gasteiger charge is -2.22. The first-order chi connectivity index (χ1) is 15.5. The molecule has 2 aromatic rings. The van der Waals surface area contributed by atoms with E-state index in [2.05, 4.69) is 45.3 Å². The summed E-state index contributed by atoms with van der Waals surface area (Å²) in [7, 11) is -3.67. The van der Waals surface area contributed by atoms with Crippen LogP contribution in [0.1, 0.15) is 55.4 Å². The van der Waals surface area contributed by atoms with E-state index in [1.54, 1.807) is 4.31 Å². The molecule has 32 heavy (non-hydrogen) atoms. The predicted molar refractivity (Wildman–Crippen MR) is 125 cm³/mol. The Morgan fingerprint density at radius 3 is 2.47 bits per heavy atom. The average Bonchev–Trinajstić information content (AvgIpc) is 3.58. The molecule has 1 fully saturated rings. The third-order valence-corrected chi connectivity index (χ3v) is 9.10. The predicted octanol–water partition coefficient (Wildman–Crippen LogP) is 2.88. The first-order valence-corrected chi connectivity index (χ1v) is 13.5. The molecule has 5 rings (SSSR count). The van der Waals surface area contributed by atoms with E-state index >= 15 is 0 Å². The van der Waals surface area contributed by atoms with Crippen molar-refractivity contribution in [1.29, 1.82) is 0 Å². The molecule has 8 nitrogen and oxygen atoms in total. The highest BCUT2D eigenvalue weighted by molar-refractivity contribution is 7.89. The maximum absolute atomic E-state index is 13.2. The minimum absolute atomic E-state index is 0.0623. The number of hydrogen-bond donors (Lipinski definition) is 2. The van der Waals surface area contributed by atoms with Gasteiger partial charge in [-0.25, -0.2) is 13.5 Å². The molecule has 3 aliphatic rings. The van der Waals surface area contributed by atoms with Crippen molar-refractivity contribution in [2.75, 3.05) is 38.0 Å². The zero-order valence-corrected chi connectivity index (χ0v) is 20.0. The number of nitrogens with zero attached hydrogens (tertiary/aromatic N) is 4. The number of H-pyrrole nitrogens is 1. The van der Waals surface area contributed by atoms with Gasteiger partial charge in [-0.05, 0) is 86.2 Å². The monoisotopic (exact) mass is 458 g/mol. The lowest BCUT2D eigenvalue weighted by atomic mass is 9.99. The Bertz CT molecular complexity index is 1060. The molecule has 2 N–H and O–H groups in total. The van der Waals surface area contributed by atoms with Crippen LogP contribution in [0.25, 0.3) is 0 Å². The smallest absolute Gasteiger partial charge is 0.278 e. The summed E-state index contributed by atoms with van der Waals surface area (Å²) in [5, 5.41) is 10.3. The van der Waals surface area contributed by atoms with Crippen LogP contribution in [-0.2, 0) is 35.7 Å². The van der Waals surface area contributed by atoms with Crippen molar-refractivity contribution in [2.45, 2.75) is 63.9 Å². The van der Waals surface area contributed by atoms with Gasteiger partial charge in [-0.3, -0.25) is 0 Å². The highest BCUT2D eigenvalue weighted by Gasteiger charge is 2.35. The molecule has 0 unspecified atom stereocenters. The number of aromatic nitrogens is 3. The van der Waals surface area contributed by atoms with Gasteiger partial charge in [-0.15, -0.1) is 5.10 Å². The Morgan fingerprint density at radius 2 is 1.81 bits per heavy atom. The van der Waals surface area contributed by atoms with E-state index in [0.29, 0.717) is 25.0 Å². The van der Waals surface area contributed by atoms with E-state index in [1.165, 1.54) is 35.1 Å². The van der Waals surface area contributed by atoms with Gasteiger partial charge in [0.2, 0.25) is 5.95 Å². The first kappa shape index (κ1) is 21.9. The third kappa shape index (κ3) is 3.95. The van der Waals surface area contributed by atoms with Gasteiger partial charge < -0.3 is 10.2 Å². The molecule has 2 aliphatic carbocycles. The minimum atomic E-state index is -3.67. The lowest BCUT2D eigenvalue weighted by molar-refractivity contribution is 0.256. The van der Waals surface area contributed by atoms with Crippen LogP contribution in [0, 0.1) is 5.92 Å². The molecule has 9 heteroatoms. The van der Waals surface area contributed by atoms with Gasteiger partial charge >= 0.3 is 0 Å². The molecule has 1 aliphatic heterocycles. The number of anilines is 2. The zero-order chi connectivity index (χ0) is 22.3. The fraction of sp³-hybridized carbons (Fsp3) is 0.652. The standard InChI is InChI=1S/C23H34N6O2S/c1-3-28(4-2)14-16-11-12-29(15-16)32(30,31)23-25-22(26-27-23)24-21-19-9-5-7-17(19)13-18-8-6-10-20(18)21/h13,16H,3-12,14-15H2,1-2H3,(H2,24,25,26,27)/t16-/m1/s1. The summed E-state index contributed by atoms with van der Waals surface area (Å²) >= 11 is 0. The number of rotatable bonds is 8. The van der Waals surface area contributed by atoms with Crippen molar-refractivity contribution >= 4 is 21.7 Å². The van der Waals surface area contributed by atoms with Crippen LogP contribution < -0.4 is 5.32 Å². The Hall–Kier alpha value is -1.97. The molecule has 174 valence electrons. The van der Waals surface area contributed by atoms with Gasteiger partial charge in [0.15, 0.2) is 0 Å². The summed E-state index contributed by atoms with van der Waals surface area (Å²) in [5.41, 5.74) is 6.69.